The molecule has 5 rings (SSSR count). The smallest absolute Gasteiger partial charge is 0.410 e. The Morgan fingerprint density at radius 1 is 1.02 bits per heavy atom. The number of aromatic hydroxyl groups is 1. The highest BCUT2D eigenvalue weighted by Crippen LogP contribution is 2.41. The second kappa shape index (κ2) is 15.9. The standard InChI is InChI=1S/C40H53ClF2N6O6Si/c1-22(2)31-33(29(15-16-44-31)53-17-18-54-56(11,12)40(8,9)10)49-36-25(19-26(41)32(45-36)30-27(42)13-14-28(43)34(30)50)35(46-37(49)51)47-20-24(4)48(21-23(47)3)38(52)55-39(5,6)7/h13-16,19,22-24,50H,17-18,20-21H2,1-12H3. The number of nitrogens with zero attached hydrogens (tertiary/aromatic N) is 6. The number of halogens is 3. The predicted octanol–water partition coefficient (Wildman–Crippen LogP) is 8.84. The molecule has 1 saturated heterocycles. The van der Waals surface area contributed by atoms with Crippen LogP contribution in [0.3, 0.4) is 0 Å². The maximum absolute atomic E-state index is 15.4. The van der Waals surface area contributed by atoms with Crippen molar-refractivity contribution in [3.8, 4) is 28.4 Å². The van der Waals surface area contributed by atoms with Gasteiger partial charge in [0.1, 0.15) is 35.3 Å². The number of carbonyl (C=O) groups excluding carboxylic acids is 1. The number of amides is 1. The molecule has 0 bridgehead atoms. The summed E-state index contributed by atoms with van der Waals surface area (Å²) in [6, 6.07) is 4.04. The number of benzene rings is 1. The number of ether oxygens (including phenoxy) is 2. The van der Waals surface area contributed by atoms with Crippen LogP contribution in [0.1, 0.15) is 80.8 Å². The Kier molecular flexibility index (Phi) is 12.1. The molecule has 0 spiro atoms. The number of hydrogen-bond donors (Lipinski definition) is 1. The fraction of sp³-hybridized carbons (Fsp3) is 0.525. The lowest BCUT2D eigenvalue weighted by atomic mass is 10.1. The molecule has 0 saturated carbocycles. The van der Waals surface area contributed by atoms with Crippen LogP contribution >= 0.6 is 11.6 Å². The molecule has 3 aromatic heterocycles. The summed E-state index contributed by atoms with van der Waals surface area (Å²) in [5.41, 5.74) is -1.61. The molecule has 304 valence electrons. The van der Waals surface area contributed by atoms with Gasteiger partial charge in [-0.25, -0.2) is 27.9 Å². The van der Waals surface area contributed by atoms with E-state index in [0.717, 1.165) is 12.1 Å². The van der Waals surface area contributed by atoms with E-state index in [-0.39, 0.29) is 70.6 Å². The van der Waals surface area contributed by atoms with Crippen molar-refractivity contribution < 1.29 is 32.6 Å². The average Bonchev–Trinajstić information content (AvgIpc) is 3.08. The summed E-state index contributed by atoms with van der Waals surface area (Å²) >= 11 is 6.83. The first-order chi connectivity index (χ1) is 25.9. The van der Waals surface area contributed by atoms with Crippen LogP contribution in [0.15, 0.2) is 35.3 Å². The van der Waals surface area contributed by atoms with Gasteiger partial charge in [0.25, 0.3) is 0 Å². The zero-order valence-electron chi connectivity index (χ0n) is 34.3. The molecule has 1 aliphatic rings. The number of phenolic OH excluding ortho intramolecular Hbond substituents is 1. The summed E-state index contributed by atoms with van der Waals surface area (Å²) in [4.78, 5) is 45.3. The Labute approximate surface area is 332 Å². The van der Waals surface area contributed by atoms with Crippen LogP contribution in [0.4, 0.5) is 19.4 Å². The molecule has 0 aliphatic carbocycles. The van der Waals surface area contributed by atoms with Gasteiger partial charge in [-0.1, -0.05) is 46.2 Å². The van der Waals surface area contributed by atoms with E-state index < -0.39 is 48.6 Å². The lowest BCUT2D eigenvalue weighted by molar-refractivity contribution is 0.0130. The first kappa shape index (κ1) is 42.8. The Bertz CT molecular complexity index is 2190. The molecule has 4 aromatic rings. The van der Waals surface area contributed by atoms with Gasteiger partial charge >= 0.3 is 11.8 Å². The number of rotatable bonds is 9. The largest absolute Gasteiger partial charge is 0.504 e. The Morgan fingerprint density at radius 3 is 2.30 bits per heavy atom. The maximum Gasteiger partial charge on any atom is 0.410 e. The van der Waals surface area contributed by atoms with Gasteiger partial charge in [0.2, 0.25) is 0 Å². The molecule has 16 heteroatoms. The number of phenols is 1. The van der Waals surface area contributed by atoms with Gasteiger partial charge in [-0.05, 0) is 76.9 Å². The van der Waals surface area contributed by atoms with Crippen molar-refractivity contribution in [3.63, 3.8) is 0 Å². The molecule has 1 amide bonds. The average molecular weight is 815 g/mol. The normalized spacial score (nSPS) is 16.9. The predicted molar refractivity (Wildman–Crippen MR) is 217 cm³/mol. The van der Waals surface area contributed by atoms with Crippen molar-refractivity contribution in [3.05, 3.63) is 63.3 Å². The molecule has 1 aliphatic heterocycles. The summed E-state index contributed by atoms with van der Waals surface area (Å²) in [5, 5.41) is 10.9. The molecule has 1 N–H and O–H groups in total. The van der Waals surface area contributed by atoms with Gasteiger partial charge < -0.3 is 28.8 Å². The van der Waals surface area contributed by atoms with Gasteiger partial charge in [0.15, 0.2) is 25.5 Å². The fourth-order valence-electron chi connectivity index (χ4n) is 6.34. The molecular formula is C40H53ClF2N6O6Si. The van der Waals surface area contributed by atoms with Crippen molar-refractivity contribution in [2.75, 3.05) is 31.2 Å². The quantitative estimate of drug-likeness (QED) is 0.129. The zero-order chi connectivity index (χ0) is 41.7. The third-order valence-corrected chi connectivity index (χ3v) is 15.1. The van der Waals surface area contributed by atoms with Crippen LogP contribution in [0.25, 0.3) is 28.0 Å². The third-order valence-electron chi connectivity index (χ3n) is 10.3. The number of carbonyl (C=O) groups is 1. The second-order valence-electron chi connectivity index (χ2n) is 17.1. The number of piperazine rings is 1. The van der Waals surface area contributed by atoms with E-state index in [9.17, 15) is 19.1 Å². The summed E-state index contributed by atoms with van der Waals surface area (Å²) in [7, 11) is -2.10. The van der Waals surface area contributed by atoms with Crippen molar-refractivity contribution in [1.82, 2.24) is 24.4 Å². The molecule has 0 radical (unpaired) electrons. The van der Waals surface area contributed by atoms with Crippen LogP contribution in [-0.2, 0) is 9.16 Å². The van der Waals surface area contributed by atoms with Crippen molar-refractivity contribution in [2.24, 2.45) is 0 Å². The minimum absolute atomic E-state index is 0.0167. The monoisotopic (exact) mass is 814 g/mol. The maximum atomic E-state index is 15.4. The summed E-state index contributed by atoms with van der Waals surface area (Å²) in [6.45, 7) is 24.7. The zero-order valence-corrected chi connectivity index (χ0v) is 36.0. The number of fused-ring (bicyclic) bond motifs is 1. The van der Waals surface area contributed by atoms with Gasteiger partial charge in [0, 0.05) is 37.4 Å². The van der Waals surface area contributed by atoms with E-state index in [1.165, 1.54) is 10.6 Å². The number of anilines is 1. The molecular weight excluding hydrogens is 762 g/mol. The molecule has 56 heavy (non-hydrogen) atoms. The Balaban J connectivity index is 1.73. The number of pyridine rings is 2. The summed E-state index contributed by atoms with van der Waals surface area (Å²) in [5.74, 6) is -2.75. The van der Waals surface area contributed by atoms with Gasteiger partial charge in [-0.15, -0.1) is 0 Å². The van der Waals surface area contributed by atoms with E-state index in [4.69, 9.17) is 30.5 Å². The first-order valence-electron chi connectivity index (χ1n) is 18.8. The highest BCUT2D eigenvalue weighted by molar-refractivity contribution is 6.74. The van der Waals surface area contributed by atoms with E-state index in [0.29, 0.717) is 23.4 Å². The van der Waals surface area contributed by atoms with Crippen molar-refractivity contribution in [1.29, 1.82) is 0 Å². The molecule has 2 unspecified atom stereocenters. The highest BCUT2D eigenvalue weighted by Gasteiger charge is 2.38. The van der Waals surface area contributed by atoms with Gasteiger partial charge in [0.05, 0.1) is 34.0 Å². The number of aromatic nitrogens is 4. The summed E-state index contributed by atoms with van der Waals surface area (Å²) < 4.78 is 49.8. The lowest BCUT2D eigenvalue weighted by Gasteiger charge is -2.44. The fourth-order valence-corrected chi connectivity index (χ4v) is 7.62. The Hall–Kier alpha value is -4.34. The molecule has 1 aromatic carbocycles. The van der Waals surface area contributed by atoms with Crippen LogP contribution in [0.5, 0.6) is 11.5 Å². The molecule has 12 nitrogen and oxygen atoms in total. The van der Waals surface area contributed by atoms with Crippen molar-refractivity contribution in [2.45, 2.75) is 111 Å². The van der Waals surface area contributed by atoms with Gasteiger partial charge in [-0.2, -0.15) is 4.98 Å². The Morgan fingerprint density at radius 2 is 1.68 bits per heavy atom. The molecule has 2 atom stereocenters. The van der Waals surface area contributed by atoms with E-state index in [1.807, 2.05) is 32.6 Å². The SMILES string of the molecule is CC(C)c1nccc(OCCO[Si](C)(C)C(C)(C)C)c1-n1c(=O)nc(N2CC(C)N(C(=O)OC(C)(C)C)CC2C)c2cc(Cl)c(-c3c(F)ccc(F)c3O)nc21. The minimum atomic E-state index is -2.10. The molecule has 1 fully saturated rings. The van der Waals surface area contributed by atoms with Crippen LogP contribution in [0, 0.1) is 11.6 Å². The van der Waals surface area contributed by atoms with Crippen molar-refractivity contribution >= 4 is 42.9 Å². The van der Waals surface area contributed by atoms with E-state index in [2.05, 4.69) is 43.8 Å². The van der Waals surface area contributed by atoms with E-state index in [1.54, 1.807) is 37.9 Å². The minimum Gasteiger partial charge on any atom is -0.504 e. The third kappa shape index (κ3) is 8.64. The van der Waals surface area contributed by atoms with Crippen LogP contribution < -0.4 is 15.3 Å². The first-order valence-corrected chi connectivity index (χ1v) is 22.0. The lowest BCUT2D eigenvalue weighted by Crippen LogP contribution is -2.59. The van der Waals surface area contributed by atoms with Crippen LogP contribution in [-0.4, -0.2) is 87.9 Å². The van der Waals surface area contributed by atoms with E-state index >= 15 is 4.39 Å². The highest BCUT2D eigenvalue weighted by atomic mass is 35.5. The number of hydrogen-bond acceptors (Lipinski definition) is 10. The summed E-state index contributed by atoms with van der Waals surface area (Å²) in [6.07, 6.45) is 1.12. The second-order valence-corrected chi connectivity index (χ2v) is 22.4. The van der Waals surface area contributed by atoms with Gasteiger partial charge in [-0.3, -0.25) is 4.98 Å². The molecule has 4 heterocycles. The van der Waals surface area contributed by atoms with Crippen LogP contribution in [0.2, 0.25) is 23.2 Å². The topological polar surface area (TPSA) is 132 Å².